The summed E-state index contributed by atoms with van der Waals surface area (Å²) in [4.78, 5) is 32.5. The number of anilines is 1. The van der Waals surface area contributed by atoms with Crippen molar-refractivity contribution in [1.29, 1.82) is 0 Å². The van der Waals surface area contributed by atoms with Crippen LogP contribution >= 0.6 is 0 Å². The van der Waals surface area contributed by atoms with E-state index in [9.17, 15) is 19.8 Å². The van der Waals surface area contributed by atoms with Gasteiger partial charge in [0.1, 0.15) is 23.8 Å². The Kier molecular flexibility index (Phi) is 4.34. The highest BCUT2D eigenvalue weighted by molar-refractivity contribution is 6.00. The van der Waals surface area contributed by atoms with Gasteiger partial charge in [0.2, 0.25) is 0 Å². The number of piperidine rings is 1. The first-order valence-electron chi connectivity index (χ1n) is 8.86. The zero-order chi connectivity index (χ0) is 19.8. The lowest BCUT2D eigenvalue weighted by atomic mass is 9.97. The zero-order valence-corrected chi connectivity index (χ0v) is 14.9. The van der Waals surface area contributed by atoms with Crippen molar-refractivity contribution in [3.05, 3.63) is 42.9 Å². The molecule has 0 saturated carbocycles. The summed E-state index contributed by atoms with van der Waals surface area (Å²) >= 11 is 0. The molecule has 3 aromatic rings. The number of likely N-dealkylation sites (tertiary alicyclic amines) is 1. The Morgan fingerprint density at radius 1 is 1.14 bits per heavy atom. The van der Waals surface area contributed by atoms with Crippen LogP contribution in [0.15, 0.2) is 42.9 Å². The third kappa shape index (κ3) is 2.90. The van der Waals surface area contributed by atoms with Crippen molar-refractivity contribution in [2.45, 2.75) is 24.9 Å². The summed E-state index contributed by atoms with van der Waals surface area (Å²) in [5.74, 6) is -0.804. The van der Waals surface area contributed by atoms with E-state index in [1.165, 1.54) is 6.33 Å². The van der Waals surface area contributed by atoms with E-state index in [4.69, 9.17) is 5.73 Å². The minimum Gasteiger partial charge on any atom is -0.480 e. The second kappa shape index (κ2) is 6.84. The second-order valence-corrected chi connectivity index (χ2v) is 6.78. The van der Waals surface area contributed by atoms with Gasteiger partial charge in [-0.05, 0) is 18.4 Å². The summed E-state index contributed by atoms with van der Waals surface area (Å²) in [6.07, 6.45) is 2.70. The Morgan fingerprint density at radius 2 is 1.89 bits per heavy atom. The van der Waals surface area contributed by atoms with Crippen molar-refractivity contribution >= 4 is 28.9 Å². The van der Waals surface area contributed by atoms with Crippen LogP contribution in [-0.4, -0.2) is 54.3 Å². The molecule has 1 aliphatic heterocycles. The van der Waals surface area contributed by atoms with Crippen LogP contribution in [0.4, 0.5) is 10.6 Å². The number of rotatable bonds is 3. The van der Waals surface area contributed by atoms with Gasteiger partial charge in [-0.1, -0.05) is 30.3 Å². The van der Waals surface area contributed by atoms with Crippen LogP contribution in [0, 0.1) is 0 Å². The number of nitrogens with two attached hydrogens (primary N) is 1. The molecule has 2 unspecified atom stereocenters. The van der Waals surface area contributed by atoms with Gasteiger partial charge in [-0.15, -0.1) is 0 Å². The number of amides is 1. The van der Waals surface area contributed by atoms with E-state index < -0.39 is 18.1 Å². The summed E-state index contributed by atoms with van der Waals surface area (Å²) < 4.78 is 1.91. The van der Waals surface area contributed by atoms with Crippen molar-refractivity contribution in [2.75, 3.05) is 12.3 Å². The van der Waals surface area contributed by atoms with E-state index in [1.54, 1.807) is 0 Å². The molecular formula is C19H19N5O4. The number of benzene rings is 1. The van der Waals surface area contributed by atoms with Crippen molar-refractivity contribution in [3.63, 3.8) is 0 Å². The Balaban J connectivity index is 1.81. The zero-order valence-electron chi connectivity index (χ0n) is 14.9. The topological polar surface area (TPSA) is 135 Å². The smallest absolute Gasteiger partial charge is 0.408 e. The second-order valence-electron chi connectivity index (χ2n) is 6.78. The third-order valence-electron chi connectivity index (χ3n) is 5.22. The number of carboxylic acids is 1. The predicted molar refractivity (Wildman–Crippen MR) is 102 cm³/mol. The molecule has 0 radical (unpaired) electrons. The van der Waals surface area contributed by atoms with E-state index in [2.05, 4.69) is 9.97 Å². The van der Waals surface area contributed by atoms with Gasteiger partial charge in [-0.2, -0.15) is 0 Å². The molecule has 1 saturated heterocycles. The Hall–Kier alpha value is -3.62. The van der Waals surface area contributed by atoms with Gasteiger partial charge in [0.25, 0.3) is 0 Å². The quantitative estimate of drug-likeness (QED) is 0.634. The first-order valence-corrected chi connectivity index (χ1v) is 8.86. The van der Waals surface area contributed by atoms with E-state index >= 15 is 0 Å². The molecule has 28 heavy (non-hydrogen) atoms. The fraction of sp³-hybridized carbons (Fsp3) is 0.263. The van der Waals surface area contributed by atoms with Gasteiger partial charge < -0.3 is 20.5 Å². The van der Waals surface area contributed by atoms with Gasteiger partial charge in [0.05, 0.1) is 5.39 Å². The highest BCUT2D eigenvalue weighted by Crippen LogP contribution is 2.37. The lowest BCUT2D eigenvalue weighted by Crippen LogP contribution is -2.49. The van der Waals surface area contributed by atoms with Gasteiger partial charge in [-0.3, -0.25) is 4.90 Å². The van der Waals surface area contributed by atoms with E-state index in [1.807, 2.05) is 41.1 Å². The number of carboxylic acid groups (broad SMARTS) is 2. The number of aromatic nitrogens is 3. The minimum atomic E-state index is -1.22. The number of nitrogens with zero attached hydrogens (tertiary/aromatic N) is 4. The monoisotopic (exact) mass is 381 g/mol. The summed E-state index contributed by atoms with van der Waals surface area (Å²) in [5.41, 5.74) is 8.56. The predicted octanol–water partition coefficient (Wildman–Crippen LogP) is 2.45. The molecule has 2 atom stereocenters. The third-order valence-corrected chi connectivity index (χ3v) is 5.22. The number of hydrogen-bond acceptors (Lipinski definition) is 5. The highest BCUT2D eigenvalue weighted by Gasteiger charge is 2.37. The Morgan fingerprint density at radius 3 is 2.57 bits per heavy atom. The minimum absolute atomic E-state index is 0.137. The lowest BCUT2D eigenvalue weighted by molar-refractivity contribution is -0.144. The molecule has 2 aromatic heterocycles. The van der Waals surface area contributed by atoms with Crippen molar-refractivity contribution < 1.29 is 19.8 Å². The van der Waals surface area contributed by atoms with Gasteiger partial charge in [0.15, 0.2) is 0 Å². The van der Waals surface area contributed by atoms with Crippen molar-refractivity contribution in [1.82, 2.24) is 19.4 Å². The molecule has 4 rings (SSSR count). The standard InChI is InChI=1S/C19H19N5O4/c20-16-15-13(11-4-2-1-3-5-11)9-24(17(15)22-10-21-16)12-6-7-23(19(27)28)14(8-12)18(25)26/h1-5,9-10,12,14H,6-8H2,(H,25,26)(H,27,28)(H2,20,21,22). The molecule has 0 bridgehead atoms. The van der Waals surface area contributed by atoms with Gasteiger partial charge in [0, 0.05) is 24.3 Å². The molecular weight excluding hydrogens is 362 g/mol. The normalized spacial score (nSPS) is 19.6. The number of fused-ring (bicyclic) bond motifs is 1. The van der Waals surface area contributed by atoms with Crippen LogP contribution in [0.1, 0.15) is 18.9 Å². The average Bonchev–Trinajstić information content (AvgIpc) is 3.09. The first-order chi connectivity index (χ1) is 13.5. The summed E-state index contributed by atoms with van der Waals surface area (Å²) in [5, 5.41) is 19.5. The van der Waals surface area contributed by atoms with Gasteiger partial charge >= 0.3 is 12.1 Å². The maximum atomic E-state index is 11.6. The van der Waals surface area contributed by atoms with Crippen LogP contribution < -0.4 is 5.73 Å². The molecule has 9 nitrogen and oxygen atoms in total. The number of hydrogen-bond donors (Lipinski definition) is 3. The van der Waals surface area contributed by atoms with Crippen LogP contribution in [0.5, 0.6) is 0 Å². The lowest BCUT2D eigenvalue weighted by Gasteiger charge is -2.36. The van der Waals surface area contributed by atoms with Crippen LogP contribution in [0.3, 0.4) is 0 Å². The fourth-order valence-electron chi connectivity index (χ4n) is 3.89. The number of nitrogen functional groups attached to an aromatic ring is 1. The van der Waals surface area contributed by atoms with Crippen molar-refractivity contribution in [3.8, 4) is 11.1 Å². The molecule has 1 aromatic carbocycles. The molecule has 1 aliphatic rings. The van der Waals surface area contributed by atoms with E-state index in [-0.39, 0.29) is 19.0 Å². The summed E-state index contributed by atoms with van der Waals surface area (Å²) in [6.45, 7) is 0.137. The summed E-state index contributed by atoms with van der Waals surface area (Å²) in [6, 6.07) is 8.35. The SMILES string of the molecule is Nc1ncnc2c1c(-c1ccccc1)cn2C1CCN(C(=O)O)C(C(=O)O)C1. The van der Waals surface area contributed by atoms with E-state index in [0.717, 1.165) is 16.0 Å². The molecule has 0 spiro atoms. The largest absolute Gasteiger partial charge is 0.480 e. The highest BCUT2D eigenvalue weighted by atomic mass is 16.4. The summed E-state index contributed by atoms with van der Waals surface area (Å²) in [7, 11) is 0. The molecule has 0 aliphatic carbocycles. The Bertz CT molecular complexity index is 1050. The first kappa shape index (κ1) is 17.8. The van der Waals surface area contributed by atoms with Crippen LogP contribution in [0.25, 0.3) is 22.2 Å². The molecule has 9 heteroatoms. The maximum Gasteiger partial charge on any atom is 0.408 e. The van der Waals surface area contributed by atoms with Crippen LogP contribution in [-0.2, 0) is 4.79 Å². The molecule has 3 heterocycles. The molecule has 4 N–H and O–H groups in total. The van der Waals surface area contributed by atoms with Gasteiger partial charge in [-0.25, -0.2) is 19.6 Å². The van der Waals surface area contributed by atoms with Crippen molar-refractivity contribution in [2.24, 2.45) is 0 Å². The fourth-order valence-corrected chi connectivity index (χ4v) is 3.89. The van der Waals surface area contributed by atoms with E-state index in [0.29, 0.717) is 23.3 Å². The molecule has 1 fully saturated rings. The average molecular weight is 381 g/mol. The number of aliphatic carboxylic acids is 1. The Labute approximate surface area is 160 Å². The number of carbonyl (C=O) groups is 2. The molecule has 1 amide bonds. The maximum absolute atomic E-state index is 11.6. The molecule has 144 valence electrons. The van der Waals surface area contributed by atoms with Crippen LogP contribution in [0.2, 0.25) is 0 Å².